The lowest BCUT2D eigenvalue weighted by atomic mass is 9.95. The predicted molar refractivity (Wildman–Crippen MR) is 157 cm³/mol. The van der Waals surface area contributed by atoms with E-state index < -0.39 is 23.4 Å². The first-order valence-electron chi connectivity index (χ1n) is 12.6. The lowest BCUT2D eigenvalue weighted by Crippen LogP contribution is -2.34. The molecule has 0 radical (unpaired) electrons. The summed E-state index contributed by atoms with van der Waals surface area (Å²) in [5.74, 6) is -0.624. The largest absolute Gasteiger partial charge is 0.573 e. The summed E-state index contributed by atoms with van der Waals surface area (Å²) in [5, 5.41) is 9.33. The molecule has 42 heavy (non-hydrogen) atoms. The minimum absolute atomic E-state index is 0.0294. The van der Waals surface area contributed by atoms with Crippen LogP contribution < -0.4 is 20.7 Å². The Morgan fingerprint density at radius 1 is 0.976 bits per heavy atom. The van der Waals surface area contributed by atoms with Crippen LogP contribution in [-0.2, 0) is 11.3 Å². The molecule has 1 heterocycles. The number of amides is 2. The molecule has 0 saturated heterocycles. The number of aromatic nitrogens is 2. The van der Waals surface area contributed by atoms with Gasteiger partial charge in [-0.05, 0) is 42.0 Å². The van der Waals surface area contributed by atoms with Crippen LogP contribution in [0.25, 0.3) is 22.3 Å². The van der Waals surface area contributed by atoms with Crippen LogP contribution in [0.5, 0.6) is 5.75 Å². The highest BCUT2D eigenvalue weighted by molar-refractivity contribution is 6.40. The second-order valence-corrected chi connectivity index (χ2v) is 11.0. The zero-order chi connectivity index (χ0) is 30.8. The summed E-state index contributed by atoms with van der Waals surface area (Å²) < 4.78 is 42.2. The number of carbonyl (C=O) groups excluding carboxylic acids is 2. The smallest absolute Gasteiger partial charge is 0.406 e. The summed E-state index contributed by atoms with van der Waals surface area (Å²) in [7, 11) is 1.64. The van der Waals surface area contributed by atoms with Crippen LogP contribution in [0.1, 0.15) is 36.7 Å². The van der Waals surface area contributed by atoms with E-state index in [1.807, 2.05) is 0 Å². The van der Waals surface area contributed by atoms with Gasteiger partial charge in [-0.15, -0.1) is 13.2 Å². The standard InChI is InChI=1S/C29H26Cl2F3N5O3/c1-28(2,3)27(41)36-14-16-8-11-20(30)22(23(16)31)26(40)37-17-9-10-19-21(13-17)38-24(39-25(19)35-4)15-6-5-7-18(12-15)42-29(32,33)34/h5-13H,14H2,1-4H3,(H,36,41)(H,37,40)(H,35,38,39). The van der Waals surface area contributed by atoms with Crippen molar-refractivity contribution in [2.24, 2.45) is 5.41 Å². The van der Waals surface area contributed by atoms with Gasteiger partial charge in [0.1, 0.15) is 11.6 Å². The first-order chi connectivity index (χ1) is 19.7. The zero-order valence-electron chi connectivity index (χ0n) is 22.9. The highest BCUT2D eigenvalue weighted by Crippen LogP contribution is 2.32. The molecule has 0 unspecified atom stereocenters. The number of halogens is 5. The Morgan fingerprint density at radius 2 is 1.71 bits per heavy atom. The Bertz CT molecular complexity index is 1670. The highest BCUT2D eigenvalue weighted by atomic mass is 35.5. The molecule has 0 atom stereocenters. The van der Waals surface area contributed by atoms with E-state index in [4.69, 9.17) is 23.2 Å². The van der Waals surface area contributed by atoms with Gasteiger partial charge < -0.3 is 20.7 Å². The molecule has 3 aromatic carbocycles. The normalized spacial score (nSPS) is 11.7. The first kappa shape index (κ1) is 30.9. The molecule has 2 amide bonds. The summed E-state index contributed by atoms with van der Waals surface area (Å²) in [6, 6.07) is 13.4. The number of nitrogens with zero attached hydrogens (tertiary/aromatic N) is 2. The van der Waals surface area contributed by atoms with E-state index in [9.17, 15) is 22.8 Å². The van der Waals surface area contributed by atoms with Crippen LogP contribution in [0.2, 0.25) is 10.0 Å². The quantitative estimate of drug-likeness (QED) is 0.198. The van der Waals surface area contributed by atoms with E-state index in [-0.39, 0.29) is 33.9 Å². The number of benzene rings is 3. The number of fused-ring (bicyclic) bond motifs is 1. The summed E-state index contributed by atoms with van der Waals surface area (Å²) in [6.45, 7) is 5.44. The molecule has 220 valence electrons. The SMILES string of the molecule is CNc1nc(-c2cccc(OC(F)(F)F)c2)nc2cc(NC(=O)c3c(Cl)ccc(CNC(=O)C(C)(C)C)c3Cl)ccc12. The molecule has 4 rings (SSSR count). The molecule has 3 N–H and O–H groups in total. The number of anilines is 2. The molecular weight excluding hydrogens is 594 g/mol. The zero-order valence-corrected chi connectivity index (χ0v) is 24.4. The van der Waals surface area contributed by atoms with Crippen LogP contribution >= 0.6 is 23.2 Å². The number of ether oxygens (including phenoxy) is 1. The van der Waals surface area contributed by atoms with Crippen molar-refractivity contribution in [3.63, 3.8) is 0 Å². The van der Waals surface area contributed by atoms with Crippen molar-refractivity contribution in [1.82, 2.24) is 15.3 Å². The maximum atomic E-state index is 13.3. The molecule has 0 saturated carbocycles. The van der Waals surface area contributed by atoms with Gasteiger partial charge in [-0.2, -0.15) is 0 Å². The number of carbonyl (C=O) groups is 2. The average molecular weight is 620 g/mol. The van der Waals surface area contributed by atoms with Crippen LogP contribution in [0, 0.1) is 5.41 Å². The van der Waals surface area contributed by atoms with E-state index in [1.165, 1.54) is 24.3 Å². The van der Waals surface area contributed by atoms with E-state index in [0.717, 1.165) is 0 Å². The second kappa shape index (κ2) is 12.0. The van der Waals surface area contributed by atoms with Gasteiger partial charge >= 0.3 is 6.36 Å². The van der Waals surface area contributed by atoms with E-state index in [1.54, 1.807) is 58.2 Å². The Balaban J connectivity index is 1.64. The van der Waals surface area contributed by atoms with Gasteiger partial charge in [0, 0.05) is 35.6 Å². The van der Waals surface area contributed by atoms with Crippen molar-refractivity contribution in [2.45, 2.75) is 33.7 Å². The van der Waals surface area contributed by atoms with Gasteiger partial charge in [-0.25, -0.2) is 9.97 Å². The molecule has 13 heteroatoms. The molecule has 0 fully saturated rings. The van der Waals surface area contributed by atoms with Gasteiger partial charge in [0.2, 0.25) is 5.91 Å². The monoisotopic (exact) mass is 619 g/mol. The molecule has 4 aromatic rings. The van der Waals surface area contributed by atoms with Crippen molar-refractivity contribution in [3.8, 4) is 17.1 Å². The van der Waals surface area contributed by atoms with Gasteiger partial charge in [0.25, 0.3) is 5.91 Å². The third kappa shape index (κ3) is 7.21. The molecule has 1 aromatic heterocycles. The van der Waals surface area contributed by atoms with Crippen LogP contribution in [0.4, 0.5) is 24.7 Å². The van der Waals surface area contributed by atoms with Crippen molar-refractivity contribution < 1.29 is 27.5 Å². The first-order valence-corrected chi connectivity index (χ1v) is 13.3. The number of nitrogens with one attached hydrogen (secondary N) is 3. The van der Waals surface area contributed by atoms with E-state index >= 15 is 0 Å². The Labute approximate surface area is 249 Å². The van der Waals surface area contributed by atoms with Crippen molar-refractivity contribution in [3.05, 3.63) is 75.8 Å². The molecular formula is C29H26Cl2F3N5O3. The number of hydrogen-bond acceptors (Lipinski definition) is 6. The summed E-state index contributed by atoms with van der Waals surface area (Å²) in [5.41, 5.74) is 0.980. The van der Waals surface area contributed by atoms with Gasteiger partial charge in [0.05, 0.1) is 21.1 Å². The maximum absolute atomic E-state index is 13.3. The lowest BCUT2D eigenvalue weighted by molar-refractivity contribution is -0.274. The molecule has 0 aliphatic rings. The van der Waals surface area contributed by atoms with Crippen LogP contribution in [0.3, 0.4) is 0 Å². The third-order valence-electron chi connectivity index (χ3n) is 6.04. The Hall–Kier alpha value is -4.09. The second-order valence-electron chi connectivity index (χ2n) is 10.2. The van der Waals surface area contributed by atoms with E-state index in [0.29, 0.717) is 33.5 Å². The van der Waals surface area contributed by atoms with Gasteiger partial charge in [-0.1, -0.05) is 62.2 Å². The van der Waals surface area contributed by atoms with Crippen molar-refractivity contribution in [1.29, 1.82) is 0 Å². The summed E-state index contributed by atoms with van der Waals surface area (Å²) in [4.78, 5) is 34.5. The Kier molecular flexibility index (Phi) is 8.84. The molecule has 0 bridgehead atoms. The Morgan fingerprint density at radius 3 is 2.38 bits per heavy atom. The van der Waals surface area contributed by atoms with Crippen LogP contribution in [0.15, 0.2) is 54.6 Å². The van der Waals surface area contributed by atoms with Crippen molar-refractivity contribution >= 4 is 57.4 Å². The summed E-state index contributed by atoms with van der Waals surface area (Å²) >= 11 is 12.9. The average Bonchev–Trinajstić information content (AvgIpc) is 2.90. The minimum Gasteiger partial charge on any atom is -0.406 e. The topological polar surface area (TPSA) is 105 Å². The van der Waals surface area contributed by atoms with Gasteiger partial charge in [-0.3, -0.25) is 9.59 Å². The molecule has 0 aliphatic carbocycles. The summed E-state index contributed by atoms with van der Waals surface area (Å²) in [6.07, 6.45) is -4.85. The fraction of sp³-hybridized carbons (Fsp3) is 0.241. The number of hydrogen-bond donors (Lipinski definition) is 3. The lowest BCUT2D eigenvalue weighted by Gasteiger charge is -2.18. The number of alkyl halides is 3. The number of rotatable bonds is 7. The van der Waals surface area contributed by atoms with Crippen LogP contribution in [-0.4, -0.2) is 35.2 Å². The fourth-order valence-corrected chi connectivity index (χ4v) is 4.54. The van der Waals surface area contributed by atoms with E-state index in [2.05, 4.69) is 30.7 Å². The van der Waals surface area contributed by atoms with Crippen molar-refractivity contribution in [2.75, 3.05) is 17.7 Å². The molecule has 0 aliphatic heterocycles. The minimum atomic E-state index is -4.85. The third-order valence-corrected chi connectivity index (χ3v) is 6.78. The highest BCUT2D eigenvalue weighted by Gasteiger charge is 2.31. The molecule has 8 nitrogen and oxygen atoms in total. The predicted octanol–water partition coefficient (Wildman–Crippen LogP) is 7.46. The molecule has 0 spiro atoms. The maximum Gasteiger partial charge on any atom is 0.573 e. The fourth-order valence-electron chi connectivity index (χ4n) is 3.93. The van der Waals surface area contributed by atoms with Gasteiger partial charge in [0.15, 0.2) is 5.82 Å².